The Hall–Kier alpha value is -2.56. The molecule has 0 radical (unpaired) electrons. The Morgan fingerprint density at radius 2 is 1.84 bits per heavy atom. The summed E-state index contributed by atoms with van der Waals surface area (Å²) >= 11 is 0. The van der Waals surface area contributed by atoms with Crippen molar-refractivity contribution >= 4 is 29.9 Å². The van der Waals surface area contributed by atoms with Gasteiger partial charge in [-0.15, -0.1) is 24.0 Å². The van der Waals surface area contributed by atoms with Gasteiger partial charge in [0.15, 0.2) is 5.96 Å². The van der Waals surface area contributed by atoms with Crippen molar-refractivity contribution in [2.75, 3.05) is 27.2 Å². The van der Waals surface area contributed by atoms with Gasteiger partial charge in [-0.2, -0.15) is 4.98 Å². The first-order chi connectivity index (χ1) is 14.8. The molecule has 8 nitrogen and oxygen atoms in total. The highest BCUT2D eigenvalue weighted by Gasteiger charge is 2.08. The van der Waals surface area contributed by atoms with Gasteiger partial charge in [-0.25, -0.2) is 0 Å². The third kappa shape index (κ3) is 8.23. The Kier molecular flexibility index (Phi) is 10.9. The molecule has 0 unspecified atom stereocenters. The van der Waals surface area contributed by atoms with E-state index >= 15 is 0 Å². The molecular weight excluding hydrogens is 509 g/mol. The molecule has 0 bridgehead atoms. The SMILES string of the molecule is CN=C(NCCCCCc1nc(-c2ccc(OC)cc2)no1)NCCc1ccco1.I. The molecule has 0 atom stereocenters. The van der Waals surface area contributed by atoms with Gasteiger partial charge in [-0.3, -0.25) is 4.99 Å². The highest BCUT2D eigenvalue weighted by molar-refractivity contribution is 14.0. The van der Waals surface area contributed by atoms with Crippen molar-refractivity contribution in [1.82, 2.24) is 20.8 Å². The van der Waals surface area contributed by atoms with E-state index in [-0.39, 0.29) is 24.0 Å². The molecule has 0 aliphatic rings. The topological polar surface area (TPSA) is 97.7 Å². The van der Waals surface area contributed by atoms with Crippen LogP contribution in [0.5, 0.6) is 5.75 Å². The molecule has 1 aromatic carbocycles. The second-order valence-electron chi connectivity index (χ2n) is 6.81. The molecule has 3 aromatic rings. The molecule has 0 fully saturated rings. The maximum atomic E-state index is 5.37. The van der Waals surface area contributed by atoms with Gasteiger partial charge in [0.1, 0.15) is 11.5 Å². The summed E-state index contributed by atoms with van der Waals surface area (Å²) in [5, 5.41) is 10.7. The first kappa shape index (κ1) is 24.7. The van der Waals surface area contributed by atoms with Crippen LogP contribution in [0.2, 0.25) is 0 Å². The van der Waals surface area contributed by atoms with Crippen LogP contribution in [0.4, 0.5) is 0 Å². The number of aromatic nitrogens is 2. The zero-order valence-corrected chi connectivity index (χ0v) is 20.3. The Labute approximate surface area is 199 Å². The summed E-state index contributed by atoms with van der Waals surface area (Å²) in [5.74, 6) is 3.86. The largest absolute Gasteiger partial charge is 0.497 e. The fourth-order valence-corrected chi connectivity index (χ4v) is 2.98. The predicted octanol–water partition coefficient (Wildman–Crippen LogP) is 4.08. The number of benzene rings is 1. The second-order valence-corrected chi connectivity index (χ2v) is 6.81. The van der Waals surface area contributed by atoms with Crippen molar-refractivity contribution in [2.24, 2.45) is 4.99 Å². The number of unbranched alkanes of at least 4 members (excludes halogenated alkanes) is 2. The summed E-state index contributed by atoms with van der Waals surface area (Å²) in [5.41, 5.74) is 0.918. The summed E-state index contributed by atoms with van der Waals surface area (Å²) < 4.78 is 15.9. The van der Waals surface area contributed by atoms with Crippen molar-refractivity contribution in [3.05, 3.63) is 54.3 Å². The normalized spacial score (nSPS) is 11.1. The number of halogens is 1. The fraction of sp³-hybridized carbons (Fsp3) is 0.409. The molecule has 31 heavy (non-hydrogen) atoms. The molecule has 9 heteroatoms. The van der Waals surface area contributed by atoms with Crippen LogP contribution < -0.4 is 15.4 Å². The standard InChI is InChI=1S/C22H29N5O3.HI/c1-23-22(25-15-13-19-7-6-16-29-19)24-14-5-3-4-8-20-26-21(27-30-20)17-9-11-18(28-2)12-10-17;/h6-7,9-12,16H,3-5,8,13-15H2,1-2H3,(H2,23,24,25);1H. The lowest BCUT2D eigenvalue weighted by molar-refractivity contribution is 0.374. The van der Waals surface area contributed by atoms with E-state index < -0.39 is 0 Å². The van der Waals surface area contributed by atoms with E-state index in [4.69, 9.17) is 13.7 Å². The Bertz CT molecular complexity index is 894. The zero-order valence-electron chi connectivity index (χ0n) is 18.0. The number of furan rings is 1. The molecule has 0 saturated carbocycles. The number of rotatable bonds is 11. The number of nitrogens with one attached hydrogen (secondary N) is 2. The van der Waals surface area contributed by atoms with Gasteiger partial charge in [0.2, 0.25) is 11.7 Å². The number of aryl methyl sites for hydroxylation is 1. The first-order valence-electron chi connectivity index (χ1n) is 10.2. The lowest BCUT2D eigenvalue weighted by Gasteiger charge is -2.11. The summed E-state index contributed by atoms with van der Waals surface area (Å²) in [7, 11) is 3.42. The number of nitrogens with zero attached hydrogens (tertiary/aromatic N) is 3. The smallest absolute Gasteiger partial charge is 0.226 e. The molecular formula is C22H30IN5O3. The monoisotopic (exact) mass is 539 g/mol. The van der Waals surface area contributed by atoms with Crippen LogP contribution in [0.25, 0.3) is 11.4 Å². The number of aliphatic imine (C=N–C) groups is 1. The van der Waals surface area contributed by atoms with Crippen molar-refractivity contribution in [3.8, 4) is 17.1 Å². The minimum atomic E-state index is 0. The summed E-state index contributed by atoms with van der Waals surface area (Å²) in [6, 6.07) is 11.5. The summed E-state index contributed by atoms with van der Waals surface area (Å²) in [4.78, 5) is 8.72. The van der Waals surface area contributed by atoms with Gasteiger partial charge < -0.3 is 24.3 Å². The summed E-state index contributed by atoms with van der Waals surface area (Å²) in [6.45, 7) is 1.64. The number of ether oxygens (including phenoxy) is 1. The summed E-state index contributed by atoms with van der Waals surface area (Å²) in [6.07, 6.45) is 6.40. The first-order valence-corrected chi connectivity index (χ1v) is 10.2. The molecule has 0 aliphatic carbocycles. The third-order valence-electron chi connectivity index (χ3n) is 4.64. The quantitative estimate of drug-likeness (QED) is 0.164. The van der Waals surface area contributed by atoms with Gasteiger partial charge in [-0.05, 0) is 49.2 Å². The maximum absolute atomic E-state index is 5.37. The van der Waals surface area contributed by atoms with Gasteiger partial charge >= 0.3 is 0 Å². The van der Waals surface area contributed by atoms with E-state index in [0.717, 1.165) is 68.2 Å². The average molecular weight is 539 g/mol. The Balaban J connectivity index is 0.00000341. The van der Waals surface area contributed by atoms with Crippen molar-refractivity contribution < 1.29 is 13.7 Å². The number of guanidine groups is 1. The molecule has 0 spiro atoms. The number of hydrogen-bond acceptors (Lipinski definition) is 6. The Morgan fingerprint density at radius 1 is 1.03 bits per heavy atom. The van der Waals surface area contributed by atoms with Crippen LogP contribution in [0, 0.1) is 0 Å². The van der Waals surface area contributed by atoms with Crippen LogP contribution in [-0.2, 0) is 12.8 Å². The van der Waals surface area contributed by atoms with Crippen LogP contribution in [0.1, 0.15) is 30.9 Å². The van der Waals surface area contributed by atoms with Crippen molar-refractivity contribution in [1.29, 1.82) is 0 Å². The van der Waals surface area contributed by atoms with Crippen LogP contribution in [0.3, 0.4) is 0 Å². The van der Waals surface area contributed by atoms with Crippen molar-refractivity contribution in [3.63, 3.8) is 0 Å². The molecule has 168 valence electrons. The minimum Gasteiger partial charge on any atom is -0.497 e. The van der Waals surface area contributed by atoms with E-state index in [1.165, 1.54) is 0 Å². The molecule has 2 aromatic heterocycles. The van der Waals surface area contributed by atoms with Gasteiger partial charge in [0.05, 0.1) is 13.4 Å². The number of hydrogen-bond donors (Lipinski definition) is 2. The van der Waals surface area contributed by atoms with E-state index in [1.807, 2.05) is 36.4 Å². The van der Waals surface area contributed by atoms with E-state index in [2.05, 4.69) is 25.8 Å². The third-order valence-corrected chi connectivity index (χ3v) is 4.64. The molecule has 2 N–H and O–H groups in total. The van der Waals surface area contributed by atoms with E-state index in [1.54, 1.807) is 20.4 Å². The molecule has 2 heterocycles. The van der Waals surface area contributed by atoms with Crippen LogP contribution >= 0.6 is 24.0 Å². The van der Waals surface area contributed by atoms with E-state index in [0.29, 0.717) is 11.7 Å². The second kappa shape index (κ2) is 13.7. The van der Waals surface area contributed by atoms with Crippen LogP contribution in [0.15, 0.2) is 56.6 Å². The molecule has 0 saturated heterocycles. The van der Waals surface area contributed by atoms with Gasteiger partial charge in [0.25, 0.3) is 0 Å². The lowest BCUT2D eigenvalue weighted by Crippen LogP contribution is -2.38. The van der Waals surface area contributed by atoms with E-state index in [9.17, 15) is 0 Å². The average Bonchev–Trinajstić information content (AvgIpc) is 3.47. The predicted molar refractivity (Wildman–Crippen MR) is 131 cm³/mol. The number of methoxy groups -OCH3 is 1. The fourth-order valence-electron chi connectivity index (χ4n) is 2.98. The van der Waals surface area contributed by atoms with Gasteiger partial charge in [0, 0.05) is 38.5 Å². The molecule has 3 rings (SSSR count). The van der Waals surface area contributed by atoms with Crippen molar-refractivity contribution in [2.45, 2.75) is 32.1 Å². The maximum Gasteiger partial charge on any atom is 0.226 e. The van der Waals surface area contributed by atoms with Crippen LogP contribution in [-0.4, -0.2) is 43.3 Å². The minimum absolute atomic E-state index is 0. The highest BCUT2D eigenvalue weighted by Crippen LogP contribution is 2.20. The lowest BCUT2D eigenvalue weighted by atomic mass is 10.2. The van der Waals surface area contributed by atoms with Gasteiger partial charge in [-0.1, -0.05) is 11.6 Å². The molecule has 0 amide bonds. The highest BCUT2D eigenvalue weighted by atomic mass is 127. The molecule has 0 aliphatic heterocycles. The zero-order chi connectivity index (χ0) is 21.0. The Morgan fingerprint density at radius 3 is 2.55 bits per heavy atom.